The number of rotatable bonds is 2. The summed E-state index contributed by atoms with van der Waals surface area (Å²) in [6.07, 6.45) is -4.58. The van der Waals surface area contributed by atoms with Crippen molar-refractivity contribution in [2.24, 2.45) is 0 Å². The standard InChI is InChI=1S/C18H14ClF3N2O3S/c19-12-4-2-6-14(8-12)24-16-10-28(26,27)9-15(16)23(17(24)25)13-5-1-3-11(7-13)18(20,21)22/h1-8,15-16H,9-10H2. The number of amides is 2. The molecule has 0 radical (unpaired) electrons. The van der Waals surface area contributed by atoms with Crippen LogP contribution in [-0.4, -0.2) is 38.0 Å². The van der Waals surface area contributed by atoms with Gasteiger partial charge < -0.3 is 0 Å². The number of urea groups is 1. The summed E-state index contributed by atoms with van der Waals surface area (Å²) < 4.78 is 63.8. The second-order valence-electron chi connectivity index (χ2n) is 6.76. The van der Waals surface area contributed by atoms with Crippen LogP contribution >= 0.6 is 11.6 Å². The number of carbonyl (C=O) groups is 1. The lowest BCUT2D eigenvalue weighted by Crippen LogP contribution is -2.38. The summed E-state index contributed by atoms with van der Waals surface area (Å²) in [5, 5.41) is 0.361. The minimum absolute atomic E-state index is 0.0106. The van der Waals surface area contributed by atoms with Gasteiger partial charge in [0.05, 0.1) is 29.2 Å². The van der Waals surface area contributed by atoms with E-state index < -0.39 is 39.7 Å². The Labute approximate surface area is 164 Å². The fourth-order valence-electron chi connectivity index (χ4n) is 3.77. The molecule has 2 aromatic rings. The lowest BCUT2D eigenvalue weighted by molar-refractivity contribution is -0.137. The second kappa shape index (κ2) is 6.38. The van der Waals surface area contributed by atoms with Gasteiger partial charge in [-0.05, 0) is 36.4 Å². The summed E-state index contributed by atoms with van der Waals surface area (Å²) in [6.45, 7) is 0. The maximum atomic E-state index is 13.1. The third-order valence-corrected chi connectivity index (χ3v) is 6.84. The van der Waals surface area contributed by atoms with Gasteiger partial charge in [-0.25, -0.2) is 13.2 Å². The molecule has 10 heteroatoms. The zero-order valence-electron chi connectivity index (χ0n) is 14.2. The Morgan fingerprint density at radius 2 is 1.46 bits per heavy atom. The van der Waals surface area contributed by atoms with E-state index in [9.17, 15) is 26.4 Å². The molecule has 2 aliphatic heterocycles. The molecule has 2 saturated heterocycles. The van der Waals surface area contributed by atoms with Crippen molar-refractivity contribution in [1.82, 2.24) is 0 Å². The Hall–Kier alpha value is -2.26. The van der Waals surface area contributed by atoms with Crippen molar-refractivity contribution in [3.05, 3.63) is 59.1 Å². The summed E-state index contributed by atoms with van der Waals surface area (Å²) in [4.78, 5) is 15.6. The number of hydrogen-bond acceptors (Lipinski definition) is 3. The molecule has 28 heavy (non-hydrogen) atoms. The highest BCUT2D eigenvalue weighted by Gasteiger charge is 2.54. The van der Waals surface area contributed by atoms with Gasteiger partial charge in [0, 0.05) is 16.4 Å². The van der Waals surface area contributed by atoms with Crippen LogP contribution in [0.3, 0.4) is 0 Å². The number of anilines is 2. The van der Waals surface area contributed by atoms with Crippen molar-refractivity contribution >= 4 is 38.8 Å². The summed E-state index contributed by atoms with van der Waals surface area (Å²) in [7, 11) is -3.45. The van der Waals surface area contributed by atoms with Crippen LogP contribution in [0.25, 0.3) is 0 Å². The minimum atomic E-state index is -4.58. The van der Waals surface area contributed by atoms with Gasteiger partial charge in [-0.1, -0.05) is 23.7 Å². The number of hydrogen-bond donors (Lipinski definition) is 0. The monoisotopic (exact) mass is 430 g/mol. The van der Waals surface area contributed by atoms with Crippen LogP contribution in [0, 0.1) is 0 Å². The van der Waals surface area contributed by atoms with Crippen molar-refractivity contribution in [1.29, 1.82) is 0 Å². The van der Waals surface area contributed by atoms with Crippen LogP contribution in [0.2, 0.25) is 5.02 Å². The van der Waals surface area contributed by atoms with E-state index in [1.54, 1.807) is 18.2 Å². The molecule has 4 rings (SSSR count). The molecule has 2 heterocycles. The first kappa shape index (κ1) is 19.1. The molecule has 2 atom stereocenters. The predicted octanol–water partition coefficient (Wildman–Crippen LogP) is 3.97. The van der Waals surface area contributed by atoms with E-state index in [0.717, 1.165) is 17.0 Å². The highest BCUT2D eigenvalue weighted by molar-refractivity contribution is 7.91. The quantitative estimate of drug-likeness (QED) is 0.677. The highest BCUT2D eigenvalue weighted by atomic mass is 35.5. The first-order chi connectivity index (χ1) is 13.1. The number of halogens is 4. The van der Waals surface area contributed by atoms with Gasteiger partial charge >= 0.3 is 12.2 Å². The summed E-state index contributed by atoms with van der Waals surface area (Å²) in [6, 6.07) is 8.65. The van der Waals surface area contributed by atoms with E-state index in [1.165, 1.54) is 23.1 Å². The normalized spacial score (nSPS) is 23.9. The molecule has 2 unspecified atom stereocenters. The molecule has 5 nitrogen and oxygen atoms in total. The number of nitrogens with zero attached hydrogens (tertiary/aromatic N) is 2. The van der Waals surface area contributed by atoms with Crippen LogP contribution in [0.4, 0.5) is 29.3 Å². The van der Waals surface area contributed by atoms with Crippen LogP contribution in [0.15, 0.2) is 48.5 Å². The van der Waals surface area contributed by atoms with Crippen LogP contribution in [0.5, 0.6) is 0 Å². The predicted molar refractivity (Wildman–Crippen MR) is 99.5 cm³/mol. The van der Waals surface area contributed by atoms with Crippen LogP contribution < -0.4 is 9.80 Å². The molecule has 0 saturated carbocycles. The number of alkyl halides is 3. The molecule has 0 bridgehead atoms. The van der Waals surface area contributed by atoms with E-state index in [2.05, 4.69) is 0 Å². The van der Waals surface area contributed by atoms with Crippen molar-refractivity contribution in [2.45, 2.75) is 18.3 Å². The van der Waals surface area contributed by atoms with Gasteiger partial charge in [-0.15, -0.1) is 0 Å². The Morgan fingerprint density at radius 1 is 0.929 bits per heavy atom. The van der Waals surface area contributed by atoms with Gasteiger partial charge in [0.1, 0.15) is 0 Å². The Morgan fingerprint density at radius 3 is 2.00 bits per heavy atom. The number of benzene rings is 2. The van der Waals surface area contributed by atoms with E-state index >= 15 is 0 Å². The topological polar surface area (TPSA) is 57.7 Å². The lowest BCUT2D eigenvalue weighted by atomic mass is 10.1. The average Bonchev–Trinajstić information content (AvgIpc) is 3.02. The van der Waals surface area contributed by atoms with E-state index in [-0.39, 0.29) is 17.2 Å². The van der Waals surface area contributed by atoms with Crippen LogP contribution in [0.1, 0.15) is 5.56 Å². The molecule has 2 aromatic carbocycles. The van der Waals surface area contributed by atoms with E-state index in [1.807, 2.05) is 0 Å². The van der Waals surface area contributed by atoms with Gasteiger partial charge in [-0.3, -0.25) is 9.80 Å². The highest BCUT2D eigenvalue weighted by Crippen LogP contribution is 2.40. The average molecular weight is 431 g/mol. The molecule has 0 spiro atoms. The first-order valence-electron chi connectivity index (χ1n) is 8.32. The molecular formula is C18H14ClF3N2O3S. The fourth-order valence-corrected chi connectivity index (χ4v) is 5.87. The third kappa shape index (κ3) is 3.22. The van der Waals surface area contributed by atoms with Crippen molar-refractivity contribution < 1.29 is 26.4 Å². The molecule has 0 N–H and O–H groups in total. The zero-order chi connectivity index (χ0) is 20.3. The van der Waals surface area contributed by atoms with Gasteiger partial charge in [-0.2, -0.15) is 13.2 Å². The maximum Gasteiger partial charge on any atom is 0.416 e. The van der Waals surface area contributed by atoms with Crippen molar-refractivity contribution in [3.8, 4) is 0 Å². The van der Waals surface area contributed by atoms with Crippen molar-refractivity contribution in [3.63, 3.8) is 0 Å². The summed E-state index contributed by atoms with van der Waals surface area (Å²) in [5.74, 6) is -0.567. The zero-order valence-corrected chi connectivity index (χ0v) is 15.8. The Bertz CT molecular complexity index is 1060. The van der Waals surface area contributed by atoms with Gasteiger partial charge in [0.15, 0.2) is 9.84 Å². The number of sulfone groups is 1. The minimum Gasteiger partial charge on any atom is -0.288 e. The Kier molecular flexibility index (Phi) is 4.35. The fraction of sp³-hybridized carbons (Fsp3) is 0.278. The SMILES string of the molecule is O=C1N(c2cccc(Cl)c2)C2CS(=O)(=O)CC2N1c1cccc(C(F)(F)F)c1. The summed E-state index contributed by atoms with van der Waals surface area (Å²) >= 11 is 6.00. The van der Waals surface area contributed by atoms with Gasteiger partial charge in [0.25, 0.3) is 0 Å². The van der Waals surface area contributed by atoms with Gasteiger partial charge in [0.2, 0.25) is 0 Å². The Balaban J connectivity index is 1.81. The first-order valence-corrected chi connectivity index (χ1v) is 10.5. The van der Waals surface area contributed by atoms with Crippen molar-refractivity contribution in [2.75, 3.05) is 21.3 Å². The summed E-state index contributed by atoms with van der Waals surface area (Å²) in [5.41, 5.74) is -0.494. The molecule has 0 aromatic heterocycles. The molecule has 0 aliphatic carbocycles. The van der Waals surface area contributed by atoms with E-state index in [4.69, 9.17) is 11.6 Å². The maximum absolute atomic E-state index is 13.1. The number of fused-ring (bicyclic) bond motifs is 1. The largest absolute Gasteiger partial charge is 0.416 e. The smallest absolute Gasteiger partial charge is 0.288 e. The number of carbonyl (C=O) groups excluding carboxylic acids is 1. The third-order valence-electron chi connectivity index (χ3n) is 4.91. The second-order valence-corrected chi connectivity index (χ2v) is 9.35. The molecular weight excluding hydrogens is 417 g/mol. The molecule has 148 valence electrons. The van der Waals surface area contributed by atoms with Crippen LogP contribution in [-0.2, 0) is 16.0 Å². The molecule has 2 fully saturated rings. The molecule has 2 aliphatic rings. The van der Waals surface area contributed by atoms with E-state index in [0.29, 0.717) is 10.7 Å². The lowest BCUT2D eigenvalue weighted by Gasteiger charge is -2.23. The molecule has 2 amide bonds.